The molecular weight excluding hydrogens is 781 g/mol. The van der Waals surface area contributed by atoms with E-state index in [0.717, 1.165) is 36.8 Å². The first-order valence-electron chi connectivity index (χ1n) is 20.4. The maximum Gasteiger partial charge on any atom is 0.408 e. The van der Waals surface area contributed by atoms with E-state index in [4.69, 9.17) is 23.4 Å². The van der Waals surface area contributed by atoms with Gasteiger partial charge < -0.3 is 44.6 Å². The van der Waals surface area contributed by atoms with Crippen LogP contribution < -0.4 is 21.3 Å². The van der Waals surface area contributed by atoms with E-state index in [1.807, 2.05) is 148 Å². The number of furan rings is 1. The van der Waals surface area contributed by atoms with Crippen LogP contribution >= 0.6 is 0 Å². The van der Waals surface area contributed by atoms with E-state index in [9.17, 15) is 19.2 Å². The molecular formula is C46H60N6O9. The highest BCUT2D eigenvalue weighted by Gasteiger charge is 2.50. The van der Waals surface area contributed by atoms with E-state index in [1.54, 1.807) is 6.07 Å². The molecule has 2 saturated carbocycles. The van der Waals surface area contributed by atoms with Crippen molar-refractivity contribution in [1.82, 2.24) is 31.5 Å². The van der Waals surface area contributed by atoms with Crippen molar-refractivity contribution < 1.29 is 42.5 Å². The van der Waals surface area contributed by atoms with Gasteiger partial charge in [0, 0.05) is 0 Å². The summed E-state index contributed by atoms with van der Waals surface area (Å²) in [5.74, 6) is 1.22. The minimum absolute atomic E-state index is 0.187. The number of hydrogen-bond donors (Lipinski definition) is 4. The van der Waals surface area contributed by atoms with Crippen LogP contribution in [-0.4, -0.2) is 45.8 Å². The van der Waals surface area contributed by atoms with Gasteiger partial charge in [-0.2, -0.15) is 10.2 Å². The average molecular weight is 841 g/mol. The van der Waals surface area contributed by atoms with E-state index < -0.39 is 57.7 Å². The van der Waals surface area contributed by atoms with Gasteiger partial charge in [-0.05, 0) is 130 Å². The Labute approximate surface area is 358 Å². The van der Waals surface area contributed by atoms with Crippen LogP contribution in [-0.2, 0) is 54.3 Å². The predicted molar refractivity (Wildman–Crippen MR) is 227 cm³/mol. The zero-order valence-electron chi connectivity index (χ0n) is 36.9. The number of hydrogen-bond acceptors (Lipinski definition) is 11. The number of benzene rings is 2. The lowest BCUT2D eigenvalue weighted by Gasteiger charge is -2.26. The van der Waals surface area contributed by atoms with Crippen LogP contribution in [0.4, 0.5) is 19.2 Å². The summed E-state index contributed by atoms with van der Waals surface area (Å²) in [7, 11) is 0. The molecule has 2 aliphatic carbocycles. The molecule has 15 nitrogen and oxygen atoms in total. The second kappa shape index (κ2) is 18.2. The first-order chi connectivity index (χ1) is 28.5. The molecule has 2 aliphatic rings. The number of nitrogens with zero attached hydrogens (tertiary/aromatic N) is 2. The average Bonchev–Trinajstić information content (AvgIpc) is 4.07. The van der Waals surface area contributed by atoms with Gasteiger partial charge in [-0.3, -0.25) is 0 Å². The zero-order chi connectivity index (χ0) is 44.7. The van der Waals surface area contributed by atoms with Crippen molar-refractivity contribution >= 4 is 24.4 Å². The van der Waals surface area contributed by atoms with E-state index in [2.05, 4.69) is 31.5 Å². The Morgan fingerprint density at radius 3 is 1.44 bits per heavy atom. The summed E-state index contributed by atoms with van der Waals surface area (Å²) in [6.07, 6.45) is 1.07. The van der Waals surface area contributed by atoms with Gasteiger partial charge in [0.15, 0.2) is 0 Å². The standard InChI is InChI=1S/C23H30N4O4.C23H30N2O5/c1-21(2,3)31-20(29)25-23(13-14-23)18-12-11-17(26-27-18)22(4,5)24-19(28)30-15-16-9-7-6-8-10-16;1-21(2,3)30-20(27)25-23(13-14-23)18-12-11-17(29-18)22(4,5)24-19(26)28-15-16-9-7-6-8-10-16/h6-12H,13-15H2,1-5H3,(H,24,28)(H,25,29);6-12H,13-15H2,1-5H3,(H,24,26)(H,25,27). The van der Waals surface area contributed by atoms with Gasteiger partial charge in [-0.1, -0.05) is 60.7 Å². The van der Waals surface area contributed by atoms with Crippen molar-refractivity contribution in [3.05, 3.63) is 119 Å². The summed E-state index contributed by atoms with van der Waals surface area (Å²) >= 11 is 0. The molecule has 0 atom stereocenters. The van der Waals surface area contributed by atoms with Crippen molar-refractivity contribution in [2.75, 3.05) is 0 Å². The van der Waals surface area contributed by atoms with Crippen LogP contribution in [0.15, 0.2) is 89.3 Å². The fraction of sp³-hybridized carbons (Fsp3) is 0.478. The number of rotatable bonds is 12. The highest BCUT2D eigenvalue weighted by Crippen LogP contribution is 2.47. The summed E-state index contributed by atoms with van der Waals surface area (Å²) in [6, 6.07) is 26.2. The summed E-state index contributed by atoms with van der Waals surface area (Å²) in [4.78, 5) is 48.8. The summed E-state index contributed by atoms with van der Waals surface area (Å²) < 4.78 is 27.3. The number of nitrogens with one attached hydrogen (secondary N) is 4. The maximum atomic E-state index is 12.3. The van der Waals surface area contributed by atoms with Crippen LogP contribution in [0.25, 0.3) is 0 Å². The molecule has 61 heavy (non-hydrogen) atoms. The molecule has 2 heterocycles. The van der Waals surface area contributed by atoms with Gasteiger partial charge in [0.05, 0.1) is 28.0 Å². The molecule has 4 N–H and O–H groups in total. The van der Waals surface area contributed by atoms with Gasteiger partial charge in [0.1, 0.15) is 41.5 Å². The van der Waals surface area contributed by atoms with Gasteiger partial charge >= 0.3 is 24.4 Å². The smallest absolute Gasteiger partial charge is 0.408 e. The lowest BCUT2D eigenvalue weighted by Crippen LogP contribution is -2.42. The number of carbonyl (C=O) groups excluding carboxylic acids is 4. The van der Waals surface area contributed by atoms with E-state index in [1.165, 1.54) is 0 Å². The van der Waals surface area contributed by atoms with Crippen LogP contribution in [0.2, 0.25) is 0 Å². The number of ether oxygens (including phenoxy) is 4. The second-order valence-corrected chi connectivity index (χ2v) is 18.5. The monoisotopic (exact) mass is 840 g/mol. The Morgan fingerprint density at radius 1 is 0.557 bits per heavy atom. The Bertz CT molecular complexity index is 2110. The molecule has 0 radical (unpaired) electrons. The highest BCUT2D eigenvalue weighted by molar-refractivity contribution is 5.71. The molecule has 4 aromatic rings. The minimum Gasteiger partial charge on any atom is -0.461 e. The molecule has 0 saturated heterocycles. The third-order valence-electron chi connectivity index (χ3n) is 9.72. The van der Waals surface area contributed by atoms with Gasteiger partial charge in [-0.15, -0.1) is 0 Å². The van der Waals surface area contributed by atoms with Crippen molar-refractivity contribution in [2.45, 2.75) is 141 Å². The lowest BCUT2D eigenvalue weighted by molar-refractivity contribution is 0.0477. The Hall–Kier alpha value is -6.12. The van der Waals surface area contributed by atoms with Crippen molar-refractivity contribution in [3.63, 3.8) is 0 Å². The molecule has 15 heteroatoms. The van der Waals surface area contributed by atoms with Crippen molar-refractivity contribution in [2.24, 2.45) is 0 Å². The topological polar surface area (TPSA) is 192 Å². The van der Waals surface area contributed by atoms with E-state index in [-0.39, 0.29) is 13.2 Å². The summed E-state index contributed by atoms with van der Waals surface area (Å²) in [5.41, 5.74) is -0.722. The SMILES string of the molecule is CC(C)(C)OC(=O)NC1(c2ccc(C(C)(C)NC(=O)OCc3ccccc3)nn2)CC1.CC(C)(C)OC(=O)NC1(c2ccc(C(C)(C)NC(=O)OCc3ccccc3)o2)CC1. The largest absolute Gasteiger partial charge is 0.461 e. The Balaban J connectivity index is 0.000000231. The van der Waals surface area contributed by atoms with Gasteiger partial charge in [0.2, 0.25) is 0 Å². The Kier molecular flexibility index (Phi) is 13.7. The number of alkyl carbamates (subject to hydrolysis) is 4. The first kappa shape index (κ1) is 46.0. The number of aromatic nitrogens is 2. The predicted octanol–water partition coefficient (Wildman–Crippen LogP) is 9.11. The van der Waals surface area contributed by atoms with E-state index >= 15 is 0 Å². The molecule has 6 rings (SSSR count). The highest BCUT2D eigenvalue weighted by atomic mass is 16.6. The lowest BCUT2D eigenvalue weighted by atomic mass is 10.00. The molecule has 4 amide bonds. The second-order valence-electron chi connectivity index (χ2n) is 18.5. The summed E-state index contributed by atoms with van der Waals surface area (Å²) in [5, 5.41) is 20.1. The molecule has 328 valence electrons. The van der Waals surface area contributed by atoms with E-state index in [0.29, 0.717) is 22.9 Å². The van der Waals surface area contributed by atoms with Crippen LogP contribution in [0.5, 0.6) is 0 Å². The molecule has 0 unspecified atom stereocenters. The first-order valence-corrected chi connectivity index (χ1v) is 20.4. The van der Waals surface area contributed by atoms with Crippen molar-refractivity contribution in [1.29, 1.82) is 0 Å². The van der Waals surface area contributed by atoms with Crippen LogP contribution in [0, 0.1) is 0 Å². The fourth-order valence-electron chi connectivity index (χ4n) is 6.13. The van der Waals surface area contributed by atoms with Gasteiger partial charge in [-0.25, -0.2) is 19.2 Å². The summed E-state index contributed by atoms with van der Waals surface area (Å²) in [6.45, 7) is 18.6. The normalized spacial score (nSPS) is 15.1. The zero-order valence-corrected chi connectivity index (χ0v) is 36.9. The quantitative estimate of drug-likeness (QED) is 0.0995. The third-order valence-corrected chi connectivity index (χ3v) is 9.72. The molecule has 2 aromatic heterocycles. The molecule has 0 bridgehead atoms. The third kappa shape index (κ3) is 13.7. The number of carbonyl (C=O) groups is 4. The van der Waals surface area contributed by atoms with Crippen LogP contribution in [0.3, 0.4) is 0 Å². The maximum absolute atomic E-state index is 12.3. The van der Waals surface area contributed by atoms with Crippen molar-refractivity contribution in [3.8, 4) is 0 Å². The Morgan fingerprint density at radius 2 is 1.02 bits per heavy atom. The molecule has 2 aromatic carbocycles. The molecule has 0 spiro atoms. The molecule has 0 aliphatic heterocycles. The van der Waals surface area contributed by atoms with Gasteiger partial charge in [0.25, 0.3) is 0 Å². The van der Waals surface area contributed by atoms with Crippen LogP contribution in [0.1, 0.15) is 129 Å². The molecule has 2 fully saturated rings. The number of amides is 4. The fourth-order valence-corrected chi connectivity index (χ4v) is 6.13. The minimum atomic E-state index is -0.784.